The zero-order valence-electron chi connectivity index (χ0n) is 26.0. The fourth-order valence-corrected chi connectivity index (χ4v) is 6.60. The summed E-state index contributed by atoms with van der Waals surface area (Å²) >= 11 is 1.15. The number of hydrogen-bond donors (Lipinski definition) is 0. The minimum atomic E-state index is -0.912. The molecule has 7 rings (SSSR count). The monoisotopic (exact) mass is 692 g/mol. The quantitative estimate of drug-likeness (QED) is 0.112. The second-order valence-corrected chi connectivity index (χ2v) is 11.9. The Morgan fingerprint density at radius 3 is 2.46 bits per heavy atom. The zero-order chi connectivity index (χ0) is 34.9. The number of benzene rings is 4. The number of nitro groups is 2. The number of nitro benzene ring substituents is 2. The molecule has 0 bridgehead atoms. The molecule has 0 spiro atoms. The van der Waals surface area contributed by atoms with Crippen LogP contribution in [-0.4, -0.2) is 33.8 Å². The second kappa shape index (κ2) is 13.1. The minimum Gasteiger partial charge on any atom is -0.463 e. The van der Waals surface area contributed by atoms with Gasteiger partial charge in [0.1, 0.15) is 5.75 Å². The molecular weight excluding hydrogens is 668 g/mol. The highest BCUT2D eigenvalue weighted by molar-refractivity contribution is 7.07. The Morgan fingerprint density at radius 2 is 1.74 bits per heavy atom. The molecule has 2 aliphatic rings. The van der Waals surface area contributed by atoms with E-state index in [-0.39, 0.29) is 30.5 Å². The minimum absolute atomic E-state index is 0.0476. The van der Waals surface area contributed by atoms with Gasteiger partial charge in [0.2, 0.25) is 12.5 Å². The fourth-order valence-electron chi connectivity index (χ4n) is 5.60. The molecule has 15 heteroatoms. The number of thiazole rings is 1. The van der Waals surface area contributed by atoms with Crippen LogP contribution in [0.1, 0.15) is 29.7 Å². The summed E-state index contributed by atoms with van der Waals surface area (Å²) in [7, 11) is 0. The van der Waals surface area contributed by atoms with Gasteiger partial charge in [0.25, 0.3) is 11.2 Å². The molecule has 0 amide bonds. The maximum atomic E-state index is 14.2. The van der Waals surface area contributed by atoms with Crippen molar-refractivity contribution in [3.8, 4) is 23.0 Å². The van der Waals surface area contributed by atoms with E-state index in [0.717, 1.165) is 29.5 Å². The van der Waals surface area contributed by atoms with E-state index in [2.05, 4.69) is 0 Å². The van der Waals surface area contributed by atoms with Gasteiger partial charge in [0, 0.05) is 11.6 Å². The molecule has 3 heterocycles. The molecule has 50 heavy (non-hydrogen) atoms. The van der Waals surface area contributed by atoms with Gasteiger partial charge in [0.15, 0.2) is 16.3 Å². The first-order valence-corrected chi connectivity index (χ1v) is 15.9. The van der Waals surface area contributed by atoms with E-state index >= 15 is 0 Å². The van der Waals surface area contributed by atoms with Crippen molar-refractivity contribution in [1.29, 1.82) is 0 Å². The van der Waals surface area contributed by atoms with Gasteiger partial charge in [0.05, 0.1) is 44.4 Å². The zero-order valence-corrected chi connectivity index (χ0v) is 26.8. The van der Waals surface area contributed by atoms with Crippen molar-refractivity contribution in [3.63, 3.8) is 0 Å². The lowest BCUT2D eigenvalue weighted by Crippen LogP contribution is -2.40. The summed E-state index contributed by atoms with van der Waals surface area (Å²) in [5.41, 5.74) is 1.04. The van der Waals surface area contributed by atoms with Gasteiger partial charge in [-0.1, -0.05) is 59.9 Å². The summed E-state index contributed by atoms with van der Waals surface area (Å²) < 4.78 is 24.1. The molecule has 250 valence electrons. The van der Waals surface area contributed by atoms with E-state index in [9.17, 15) is 29.8 Å². The van der Waals surface area contributed by atoms with Crippen LogP contribution in [0.25, 0.3) is 11.8 Å². The van der Waals surface area contributed by atoms with E-state index in [4.69, 9.17) is 23.9 Å². The molecule has 0 saturated carbocycles. The number of carbonyl (C=O) groups is 1. The van der Waals surface area contributed by atoms with Crippen molar-refractivity contribution in [2.45, 2.75) is 13.0 Å². The third-order valence-electron chi connectivity index (χ3n) is 7.84. The predicted molar refractivity (Wildman–Crippen MR) is 180 cm³/mol. The third kappa shape index (κ3) is 5.97. The standard InChI is InChI=1S/C35H24N4O10S/c1-2-46-34(41)30-31(21-6-4-3-5-7-21)36-35-37(32(30)22-10-14-27-28(17-22)48-19-47-27)33(40)29(50-35)16-20-8-12-24(13-9-20)49-26-15-11-23(38(42)43)18-25(26)39(44)45/h3-18,32H,2,19H2,1H3/b29-16+. The van der Waals surface area contributed by atoms with Crippen LogP contribution in [0.4, 0.5) is 11.4 Å². The van der Waals surface area contributed by atoms with Gasteiger partial charge < -0.3 is 18.9 Å². The van der Waals surface area contributed by atoms with Crippen molar-refractivity contribution in [1.82, 2.24) is 4.57 Å². The molecule has 5 aromatic rings. The first-order chi connectivity index (χ1) is 24.2. The Morgan fingerprint density at radius 1 is 0.980 bits per heavy atom. The molecule has 0 radical (unpaired) electrons. The van der Waals surface area contributed by atoms with Crippen molar-refractivity contribution >= 4 is 40.5 Å². The maximum Gasteiger partial charge on any atom is 0.338 e. The third-order valence-corrected chi connectivity index (χ3v) is 8.82. The largest absolute Gasteiger partial charge is 0.463 e. The Hall–Kier alpha value is -6.61. The van der Waals surface area contributed by atoms with E-state index in [0.29, 0.717) is 43.2 Å². The van der Waals surface area contributed by atoms with Crippen LogP contribution in [0.5, 0.6) is 23.0 Å². The van der Waals surface area contributed by atoms with Crippen LogP contribution in [0.15, 0.2) is 106 Å². The number of nitrogens with zero attached hydrogens (tertiary/aromatic N) is 4. The number of hydrogen-bond acceptors (Lipinski definition) is 12. The maximum absolute atomic E-state index is 14.2. The molecule has 0 fully saturated rings. The van der Waals surface area contributed by atoms with E-state index in [1.807, 2.05) is 30.3 Å². The number of aromatic nitrogens is 1. The van der Waals surface area contributed by atoms with E-state index < -0.39 is 38.8 Å². The summed E-state index contributed by atoms with van der Waals surface area (Å²) in [4.78, 5) is 54.2. The van der Waals surface area contributed by atoms with Crippen molar-refractivity contribution < 1.29 is 33.6 Å². The summed E-state index contributed by atoms with van der Waals surface area (Å²) in [6.45, 7) is 1.86. The van der Waals surface area contributed by atoms with Gasteiger partial charge in [-0.25, -0.2) is 9.79 Å². The predicted octanol–water partition coefficient (Wildman–Crippen LogP) is 5.27. The SMILES string of the molecule is CCOC(=O)C1=C(c2ccccc2)N=c2s/c(=C/c3ccc(Oc4ccc([N+](=O)[O-])cc4[N+](=O)[O-])cc3)c(=O)n2C1c1ccc2c(c1)OCO2. The highest BCUT2D eigenvalue weighted by atomic mass is 32.1. The topological polar surface area (TPSA) is 175 Å². The number of carbonyl (C=O) groups excluding carboxylic acids is 1. The molecule has 2 aliphatic heterocycles. The first kappa shape index (κ1) is 32.0. The summed E-state index contributed by atoms with van der Waals surface area (Å²) in [5.74, 6) is 0.469. The lowest BCUT2D eigenvalue weighted by molar-refractivity contribution is -0.394. The van der Waals surface area contributed by atoms with Crippen LogP contribution < -0.4 is 29.1 Å². The first-order valence-electron chi connectivity index (χ1n) is 15.1. The number of ether oxygens (including phenoxy) is 4. The van der Waals surface area contributed by atoms with Gasteiger partial charge in [-0.3, -0.25) is 29.6 Å². The highest BCUT2D eigenvalue weighted by Gasteiger charge is 2.36. The Labute approximate surface area is 285 Å². The molecule has 0 saturated heterocycles. The molecular formula is C35H24N4O10S. The van der Waals surface area contributed by atoms with E-state index in [1.54, 1.807) is 55.5 Å². The van der Waals surface area contributed by atoms with Crippen LogP contribution in [-0.2, 0) is 9.53 Å². The molecule has 14 nitrogen and oxygen atoms in total. The number of esters is 1. The number of rotatable bonds is 9. The lowest BCUT2D eigenvalue weighted by atomic mass is 9.93. The van der Waals surface area contributed by atoms with Gasteiger partial charge >= 0.3 is 11.7 Å². The fraction of sp³-hybridized carbons (Fsp3) is 0.114. The summed E-state index contributed by atoms with van der Waals surface area (Å²) in [6.07, 6.45) is 1.66. The van der Waals surface area contributed by atoms with Crippen molar-refractivity contribution in [3.05, 3.63) is 153 Å². The Bertz CT molecular complexity index is 2400. The second-order valence-electron chi connectivity index (χ2n) is 10.9. The number of non-ortho nitro benzene ring substituents is 1. The summed E-state index contributed by atoms with van der Waals surface area (Å²) in [6, 6.07) is 23.0. The van der Waals surface area contributed by atoms with Crippen molar-refractivity contribution in [2.75, 3.05) is 13.4 Å². The highest BCUT2D eigenvalue weighted by Crippen LogP contribution is 2.40. The molecule has 0 aliphatic carbocycles. The van der Waals surface area contributed by atoms with Crippen LogP contribution in [0, 0.1) is 20.2 Å². The van der Waals surface area contributed by atoms with Crippen LogP contribution in [0.2, 0.25) is 0 Å². The van der Waals surface area contributed by atoms with Gasteiger partial charge in [-0.15, -0.1) is 0 Å². The number of fused-ring (bicyclic) bond motifs is 2. The van der Waals surface area contributed by atoms with Gasteiger partial charge in [-0.2, -0.15) is 0 Å². The molecule has 4 aromatic carbocycles. The molecule has 1 aromatic heterocycles. The lowest BCUT2D eigenvalue weighted by Gasteiger charge is -2.26. The molecule has 0 N–H and O–H groups in total. The molecule has 1 atom stereocenters. The summed E-state index contributed by atoms with van der Waals surface area (Å²) in [5, 5.41) is 22.6. The Balaban J connectivity index is 1.32. The van der Waals surface area contributed by atoms with E-state index in [1.165, 1.54) is 4.57 Å². The van der Waals surface area contributed by atoms with Gasteiger partial charge in [-0.05, 0) is 54.5 Å². The average molecular weight is 693 g/mol. The smallest absolute Gasteiger partial charge is 0.338 e. The Kier molecular flexibility index (Phi) is 8.39. The van der Waals surface area contributed by atoms with Crippen LogP contribution in [0.3, 0.4) is 0 Å². The van der Waals surface area contributed by atoms with Crippen LogP contribution >= 0.6 is 11.3 Å². The average Bonchev–Trinajstić information content (AvgIpc) is 3.72. The van der Waals surface area contributed by atoms with Crippen molar-refractivity contribution in [2.24, 2.45) is 4.99 Å². The normalized spacial score (nSPS) is 14.9. The molecule has 1 unspecified atom stereocenters.